The Morgan fingerprint density at radius 1 is 1.31 bits per heavy atom. The molecule has 0 bridgehead atoms. The third-order valence-electron chi connectivity index (χ3n) is 2.48. The van der Waals surface area contributed by atoms with Crippen LogP contribution in [0.15, 0.2) is 28.8 Å². The first-order valence-electron chi connectivity index (χ1n) is 5.08. The summed E-state index contributed by atoms with van der Waals surface area (Å²) in [5.74, 6) is 0.868. The van der Waals surface area contributed by atoms with E-state index in [9.17, 15) is 0 Å². The largest absolute Gasteiger partial charge is 0.359 e. The van der Waals surface area contributed by atoms with Gasteiger partial charge in [0.05, 0.1) is 6.54 Å². The zero-order valence-electron chi connectivity index (χ0n) is 9.25. The molecule has 0 radical (unpaired) electrons. The van der Waals surface area contributed by atoms with E-state index >= 15 is 0 Å². The van der Waals surface area contributed by atoms with Gasteiger partial charge in [0.25, 0.3) is 0 Å². The smallest absolute Gasteiger partial charge is 0.154 e. The quantitative estimate of drug-likeness (QED) is 0.890. The number of nitrogens with zero attached hydrogens (tertiary/aromatic N) is 1. The van der Waals surface area contributed by atoms with Crippen LogP contribution in [0.4, 0.5) is 0 Å². The Balaban J connectivity index is 2.37. The summed E-state index contributed by atoms with van der Waals surface area (Å²) in [5, 5.41) is 7.84. The average molecular weight is 237 g/mol. The summed E-state index contributed by atoms with van der Waals surface area (Å²) in [6.45, 7) is 2.69. The SMILES string of the molecule is CNCc1onc(-c2ccc(Cl)cc2)c1C. The predicted molar refractivity (Wildman–Crippen MR) is 64.4 cm³/mol. The van der Waals surface area contributed by atoms with Crippen LogP contribution in [-0.2, 0) is 6.54 Å². The van der Waals surface area contributed by atoms with Crippen molar-refractivity contribution in [3.8, 4) is 11.3 Å². The molecule has 3 nitrogen and oxygen atoms in total. The minimum absolute atomic E-state index is 0.687. The lowest BCUT2D eigenvalue weighted by Gasteiger charge is -1.98. The van der Waals surface area contributed by atoms with Gasteiger partial charge in [0.1, 0.15) is 5.69 Å². The van der Waals surface area contributed by atoms with Crippen molar-refractivity contribution in [1.29, 1.82) is 0 Å². The maximum absolute atomic E-state index is 5.84. The van der Waals surface area contributed by atoms with E-state index < -0.39 is 0 Å². The van der Waals surface area contributed by atoms with E-state index in [1.165, 1.54) is 0 Å². The molecule has 4 heteroatoms. The van der Waals surface area contributed by atoms with E-state index in [-0.39, 0.29) is 0 Å². The topological polar surface area (TPSA) is 38.1 Å². The van der Waals surface area contributed by atoms with E-state index in [0.29, 0.717) is 6.54 Å². The molecule has 1 heterocycles. The highest BCUT2D eigenvalue weighted by Gasteiger charge is 2.12. The molecule has 0 saturated carbocycles. The van der Waals surface area contributed by atoms with Crippen LogP contribution >= 0.6 is 11.6 Å². The fourth-order valence-corrected chi connectivity index (χ4v) is 1.70. The van der Waals surface area contributed by atoms with Crippen molar-refractivity contribution in [3.63, 3.8) is 0 Å². The molecule has 0 saturated heterocycles. The van der Waals surface area contributed by atoms with Crippen LogP contribution in [0.1, 0.15) is 11.3 Å². The standard InChI is InChI=1S/C12H13ClN2O/c1-8-11(7-14-2)16-15-12(8)9-3-5-10(13)6-4-9/h3-6,14H,7H2,1-2H3. The van der Waals surface area contributed by atoms with Crippen molar-refractivity contribution < 1.29 is 4.52 Å². The molecule has 0 aliphatic heterocycles. The minimum Gasteiger partial charge on any atom is -0.359 e. The van der Waals surface area contributed by atoms with E-state index in [1.807, 2.05) is 38.2 Å². The second kappa shape index (κ2) is 4.68. The van der Waals surface area contributed by atoms with Gasteiger partial charge in [-0.2, -0.15) is 0 Å². The molecule has 2 rings (SSSR count). The van der Waals surface area contributed by atoms with Crippen LogP contribution < -0.4 is 5.32 Å². The van der Waals surface area contributed by atoms with Gasteiger partial charge in [0.15, 0.2) is 5.76 Å². The molecule has 0 atom stereocenters. The molecule has 0 unspecified atom stereocenters. The van der Waals surface area contributed by atoms with E-state index in [2.05, 4.69) is 10.5 Å². The lowest BCUT2D eigenvalue weighted by molar-refractivity contribution is 0.378. The van der Waals surface area contributed by atoms with E-state index in [4.69, 9.17) is 16.1 Å². The average Bonchev–Trinajstić information content (AvgIpc) is 2.63. The summed E-state index contributed by atoms with van der Waals surface area (Å²) < 4.78 is 5.27. The normalized spacial score (nSPS) is 10.7. The van der Waals surface area contributed by atoms with Gasteiger partial charge in [0, 0.05) is 16.1 Å². The molecule has 16 heavy (non-hydrogen) atoms. The van der Waals surface area contributed by atoms with Crippen LogP contribution in [0.25, 0.3) is 11.3 Å². The van der Waals surface area contributed by atoms with Gasteiger partial charge in [-0.15, -0.1) is 0 Å². The Hall–Kier alpha value is -1.32. The van der Waals surface area contributed by atoms with Crippen molar-refractivity contribution in [2.24, 2.45) is 0 Å². The van der Waals surface area contributed by atoms with Crippen LogP contribution in [0.3, 0.4) is 0 Å². The van der Waals surface area contributed by atoms with Crippen LogP contribution in [0.2, 0.25) is 5.02 Å². The molecule has 1 aromatic carbocycles. The first-order chi connectivity index (χ1) is 7.72. The van der Waals surface area contributed by atoms with Crippen LogP contribution in [0, 0.1) is 6.92 Å². The predicted octanol–water partition coefficient (Wildman–Crippen LogP) is 3.02. The first-order valence-corrected chi connectivity index (χ1v) is 5.46. The summed E-state index contributed by atoms with van der Waals surface area (Å²) in [4.78, 5) is 0. The van der Waals surface area contributed by atoms with Gasteiger partial charge in [-0.05, 0) is 26.1 Å². The van der Waals surface area contributed by atoms with Gasteiger partial charge in [-0.3, -0.25) is 0 Å². The van der Waals surface area contributed by atoms with Gasteiger partial charge in [-0.1, -0.05) is 28.9 Å². The van der Waals surface area contributed by atoms with Crippen molar-refractivity contribution in [1.82, 2.24) is 10.5 Å². The Bertz CT molecular complexity index is 476. The van der Waals surface area contributed by atoms with Crippen LogP contribution in [0.5, 0.6) is 0 Å². The summed E-state index contributed by atoms with van der Waals surface area (Å²) in [5.41, 5.74) is 2.96. The highest BCUT2D eigenvalue weighted by Crippen LogP contribution is 2.25. The second-order valence-corrected chi connectivity index (χ2v) is 4.05. The zero-order valence-corrected chi connectivity index (χ0v) is 10.0. The molecule has 0 amide bonds. The van der Waals surface area contributed by atoms with Crippen molar-refractivity contribution >= 4 is 11.6 Å². The van der Waals surface area contributed by atoms with E-state index in [0.717, 1.165) is 27.6 Å². The molecule has 1 N–H and O–H groups in total. The van der Waals surface area contributed by atoms with E-state index in [1.54, 1.807) is 0 Å². The third kappa shape index (κ3) is 2.10. The lowest BCUT2D eigenvalue weighted by Crippen LogP contribution is -2.04. The van der Waals surface area contributed by atoms with Crippen molar-refractivity contribution in [2.45, 2.75) is 13.5 Å². The second-order valence-electron chi connectivity index (χ2n) is 3.62. The highest BCUT2D eigenvalue weighted by atomic mass is 35.5. The minimum atomic E-state index is 0.687. The Morgan fingerprint density at radius 3 is 2.62 bits per heavy atom. The van der Waals surface area contributed by atoms with Gasteiger partial charge < -0.3 is 9.84 Å². The number of benzene rings is 1. The number of aromatic nitrogens is 1. The fourth-order valence-electron chi connectivity index (χ4n) is 1.57. The number of rotatable bonds is 3. The molecule has 0 aliphatic rings. The molecule has 0 fully saturated rings. The molecule has 0 aliphatic carbocycles. The van der Waals surface area contributed by atoms with Crippen molar-refractivity contribution in [3.05, 3.63) is 40.6 Å². The molecular formula is C12H13ClN2O. The van der Waals surface area contributed by atoms with Gasteiger partial charge in [-0.25, -0.2) is 0 Å². The molecular weight excluding hydrogens is 224 g/mol. The first kappa shape index (κ1) is 11.2. The summed E-state index contributed by atoms with van der Waals surface area (Å²) in [6.07, 6.45) is 0. The number of hydrogen-bond acceptors (Lipinski definition) is 3. The maximum atomic E-state index is 5.84. The Kier molecular flexibility index (Phi) is 3.27. The molecule has 1 aromatic heterocycles. The Morgan fingerprint density at radius 2 is 2.00 bits per heavy atom. The maximum Gasteiger partial charge on any atom is 0.154 e. The highest BCUT2D eigenvalue weighted by molar-refractivity contribution is 6.30. The van der Waals surface area contributed by atoms with Crippen molar-refractivity contribution in [2.75, 3.05) is 7.05 Å². The molecule has 84 valence electrons. The van der Waals surface area contributed by atoms with Gasteiger partial charge >= 0.3 is 0 Å². The fraction of sp³-hybridized carbons (Fsp3) is 0.250. The molecule has 2 aromatic rings. The summed E-state index contributed by atoms with van der Waals surface area (Å²) >= 11 is 5.84. The zero-order chi connectivity index (χ0) is 11.5. The summed E-state index contributed by atoms with van der Waals surface area (Å²) in [7, 11) is 1.88. The third-order valence-corrected chi connectivity index (χ3v) is 2.73. The number of halogens is 1. The Labute approximate surface area is 99.4 Å². The summed E-state index contributed by atoms with van der Waals surface area (Å²) in [6, 6.07) is 7.58. The monoisotopic (exact) mass is 236 g/mol. The van der Waals surface area contributed by atoms with Crippen LogP contribution in [-0.4, -0.2) is 12.2 Å². The lowest BCUT2D eigenvalue weighted by atomic mass is 10.1. The number of hydrogen-bond donors (Lipinski definition) is 1. The van der Waals surface area contributed by atoms with Gasteiger partial charge in [0.2, 0.25) is 0 Å². The molecule has 0 spiro atoms. The number of nitrogens with one attached hydrogen (secondary N) is 1.